The van der Waals surface area contributed by atoms with E-state index in [9.17, 15) is 9.59 Å². The second kappa shape index (κ2) is 7.08. The summed E-state index contributed by atoms with van der Waals surface area (Å²) in [6, 6.07) is 10.2. The quantitative estimate of drug-likeness (QED) is 0.888. The Balaban J connectivity index is 1.69. The molecule has 20 heavy (non-hydrogen) atoms. The highest BCUT2D eigenvalue weighted by Crippen LogP contribution is 2.18. The van der Waals surface area contributed by atoms with E-state index in [0.29, 0.717) is 32.4 Å². The van der Waals surface area contributed by atoms with Crippen molar-refractivity contribution >= 4 is 11.8 Å². The number of aryl methyl sites for hydroxylation is 1. The molecule has 1 aliphatic rings. The number of hydrogen-bond donors (Lipinski definition) is 1. The first-order valence-corrected chi connectivity index (χ1v) is 7.28. The number of benzene rings is 1. The fourth-order valence-electron chi connectivity index (χ4n) is 2.66. The SMILES string of the molecule is NC(=O)C1CCN(C(=O)CCCc2ccccc2)CC1. The highest BCUT2D eigenvalue weighted by molar-refractivity contribution is 5.78. The molecule has 4 nitrogen and oxygen atoms in total. The molecule has 4 heteroatoms. The Morgan fingerprint density at radius 2 is 1.80 bits per heavy atom. The van der Waals surface area contributed by atoms with Crippen LogP contribution in [0.1, 0.15) is 31.2 Å². The molecule has 108 valence electrons. The lowest BCUT2D eigenvalue weighted by Gasteiger charge is -2.30. The summed E-state index contributed by atoms with van der Waals surface area (Å²) >= 11 is 0. The highest BCUT2D eigenvalue weighted by Gasteiger charge is 2.25. The lowest BCUT2D eigenvalue weighted by Crippen LogP contribution is -2.41. The number of nitrogens with zero attached hydrogens (tertiary/aromatic N) is 1. The summed E-state index contributed by atoms with van der Waals surface area (Å²) in [5.41, 5.74) is 6.56. The molecule has 1 heterocycles. The number of carbonyl (C=O) groups excluding carboxylic acids is 2. The van der Waals surface area contributed by atoms with E-state index in [1.807, 2.05) is 23.1 Å². The Hall–Kier alpha value is -1.84. The number of nitrogens with two attached hydrogens (primary N) is 1. The van der Waals surface area contributed by atoms with Gasteiger partial charge in [-0.05, 0) is 31.2 Å². The molecule has 0 saturated carbocycles. The number of piperidine rings is 1. The summed E-state index contributed by atoms with van der Waals surface area (Å²) in [5, 5.41) is 0. The van der Waals surface area contributed by atoms with E-state index in [1.165, 1.54) is 5.56 Å². The maximum atomic E-state index is 12.1. The van der Waals surface area contributed by atoms with Crippen molar-refractivity contribution in [3.05, 3.63) is 35.9 Å². The minimum absolute atomic E-state index is 0.0524. The van der Waals surface area contributed by atoms with Crippen LogP contribution in [0.15, 0.2) is 30.3 Å². The van der Waals surface area contributed by atoms with Crippen molar-refractivity contribution in [1.82, 2.24) is 4.90 Å². The number of hydrogen-bond acceptors (Lipinski definition) is 2. The molecule has 2 rings (SSSR count). The average molecular weight is 274 g/mol. The maximum Gasteiger partial charge on any atom is 0.222 e. The molecule has 0 aromatic heterocycles. The van der Waals surface area contributed by atoms with Crippen molar-refractivity contribution in [1.29, 1.82) is 0 Å². The van der Waals surface area contributed by atoms with Crippen LogP contribution in [0, 0.1) is 5.92 Å². The first-order valence-electron chi connectivity index (χ1n) is 7.28. The fourth-order valence-corrected chi connectivity index (χ4v) is 2.66. The van der Waals surface area contributed by atoms with E-state index in [-0.39, 0.29) is 17.7 Å². The van der Waals surface area contributed by atoms with Crippen LogP contribution in [0.3, 0.4) is 0 Å². The van der Waals surface area contributed by atoms with Gasteiger partial charge in [0.25, 0.3) is 0 Å². The average Bonchev–Trinajstić information content (AvgIpc) is 2.48. The summed E-state index contributed by atoms with van der Waals surface area (Å²) in [6.07, 6.45) is 3.80. The third-order valence-electron chi connectivity index (χ3n) is 3.95. The second-order valence-electron chi connectivity index (χ2n) is 5.40. The van der Waals surface area contributed by atoms with Crippen molar-refractivity contribution in [3.63, 3.8) is 0 Å². The molecule has 1 aromatic carbocycles. The van der Waals surface area contributed by atoms with Crippen molar-refractivity contribution in [2.75, 3.05) is 13.1 Å². The molecule has 0 aliphatic carbocycles. The van der Waals surface area contributed by atoms with Crippen LogP contribution in [-0.2, 0) is 16.0 Å². The standard InChI is InChI=1S/C16H22N2O2/c17-16(20)14-9-11-18(12-10-14)15(19)8-4-7-13-5-2-1-3-6-13/h1-3,5-6,14H,4,7-12H2,(H2,17,20). The third kappa shape index (κ3) is 4.08. The van der Waals surface area contributed by atoms with Gasteiger partial charge in [-0.3, -0.25) is 9.59 Å². The van der Waals surface area contributed by atoms with Gasteiger partial charge >= 0.3 is 0 Å². The van der Waals surface area contributed by atoms with Crippen LogP contribution in [0.2, 0.25) is 0 Å². The largest absolute Gasteiger partial charge is 0.369 e. The van der Waals surface area contributed by atoms with Gasteiger partial charge in [0.15, 0.2) is 0 Å². The topological polar surface area (TPSA) is 63.4 Å². The Kier molecular flexibility index (Phi) is 5.16. The molecule has 1 aliphatic heterocycles. The van der Waals surface area contributed by atoms with E-state index >= 15 is 0 Å². The predicted octanol–water partition coefficient (Wildman–Crippen LogP) is 1.73. The Morgan fingerprint density at radius 3 is 2.40 bits per heavy atom. The maximum absolute atomic E-state index is 12.1. The number of carbonyl (C=O) groups is 2. The van der Waals surface area contributed by atoms with Gasteiger partial charge in [0.1, 0.15) is 0 Å². The Labute approximate surface area is 119 Å². The highest BCUT2D eigenvalue weighted by atomic mass is 16.2. The van der Waals surface area contributed by atoms with E-state index < -0.39 is 0 Å². The molecule has 0 unspecified atom stereocenters. The molecular formula is C16H22N2O2. The summed E-state index contributed by atoms with van der Waals surface area (Å²) < 4.78 is 0. The van der Waals surface area contributed by atoms with Gasteiger partial charge in [-0.2, -0.15) is 0 Å². The molecule has 2 amide bonds. The van der Waals surface area contributed by atoms with Gasteiger partial charge in [-0.1, -0.05) is 30.3 Å². The van der Waals surface area contributed by atoms with Gasteiger partial charge in [0, 0.05) is 25.4 Å². The minimum Gasteiger partial charge on any atom is -0.369 e. The summed E-state index contributed by atoms with van der Waals surface area (Å²) in [7, 11) is 0. The molecule has 2 N–H and O–H groups in total. The number of likely N-dealkylation sites (tertiary alicyclic amines) is 1. The van der Waals surface area contributed by atoms with Gasteiger partial charge < -0.3 is 10.6 Å². The first kappa shape index (κ1) is 14.6. The molecular weight excluding hydrogens is 252 g/mol. The molecule has 1 fully saturated rings. The second-order valence-corrected chi connectivity index (χ2v) is 5.40. The zero-order chi connectivity index (χ0) is 14.4. The van der Waals surface area contributed by atoms with Crippen LogP contribution in [0.4, 0.5) is 0 Å². The van der Waals surface area contributed by atoms with Crippen molar-refractivity contribution < 1.29 is 9.59 Å². The fraction of sp³-hybridized carbons (Fsp3) is 0.500. The van der Waals surface area contributed by atoms with Gasteiger partial charge in [-0.15, -0.1) is 0 Å². The zero-order valence-corrected chi connectivity index (χ0v) is 11.8. The smallest absolute Gasteiger partial charge is 0.222 e. The van der Waals surface area contributed by atoms with E-state index in [0.717, 1.165) is 12.8 Å². The normalized spacial score (nSPS) is 16.1. The Morgan fingerprint density at radius 1 is 1.15 bits per heavy atom. The number of primary amides is 1. The molecule has 0 atom stereocenters. The van der Waals surface area contributed by atoms with E-state index in [1.54, 1.807) is 0 Å². The molecule has 1 saturated heterocycles. The van der Waals surface area contributed by atoms with E-state index in [2.05, 4.69) is 12.1 Å². The number of amides is 2. The summed E-state index contributed by atoms with van der Waals surface area (Å²) in [5.74, 6) is -0.0894. The van der Waals surface area contributed by atoms with Crippen LogP contribution in [-0.4, -0.2) is 29.8 Å². The Bertz CT molecular complexity index is 451. The minimum atomic E-state index is -0.235. The van der Waals surface area contributed by atoms with Crippen LogP contribution >= 0.6 is 0 Å². The van der Waals surface area contributed by atoms with Gasteiger partial charge in [0.05, 0.1) is 0 Å². The van der Waals surface area contributed by atoms with Crippen LogP contribution < -0.4 is 5.73 Å². The van der Waals surface area contributed by atoms with Crippen LogP contribution in [0.5, 0.6) is 0 Å². The summed E-state index contributed by atoms with van der Waals surface area (Å²) in [4.78, 5) is 25.0. The molecule has 0 spiro atoms. The van der Waals surface area contributed by atoms with Crippen molar-refractivity contribution in [2.24, 2.45) is 11.7 Å². The molecule has 0 bridgehead atoms. The van der Waals surface area contributed by atoms with Crippen LogP contribution in [0.25, 0.3) is 0 Å². The third-order valence-corrected chi connectivity index (χ3v) is 3.95. The van der Waals surface area contributed by atoms with Gasteiger partial charge in [0.2, 0.25) is 11.8 Å². The monoisotopic (exact) mass is 274 g/mol. The van der Waals surface area contributed by atoms with Gasteiger partial charge in [-0.25, -0.2) is 0 Å². The van der Waals surface area contributed by atoms with E-state index in [4.69, 9.17) is 5.73 Å². The zero-order valence-electron chi connectivity index (χ0n) is 11.8. The lowest BCUT2D eigenvalue weighted by atomic mass is 9.96. The van der Waals surface area contributed by atoms with Crippen molar-refractivity contribution in [2.45, 2.75) is 32.1 Å². The first-order chi connectivity index (χ1) is 9.66. The molecule has 1 aromatic rings. The molecule has 0 radical (unpaired) electrons. The van der Waals surface area contributed by atoms with Crippen molar-refractivity contribution in [3.8, 4) is 0 Å². The summed E-state index contributed by atoms with van der Waals surface area (Å²) in [6.45, 7) is 1.33. The lowest BCUT2D eigenvalue weighted by molar-refractivity contribution is -0.134. The predicted molar refractivity (Wildman–Crippen MR) is 77.9 cm³/mol. The number of rotatable bonds is 5.